The molecule has 0 spiro atoms. The van der Waals surface area contributed by atoms with Crippen LogP contribution in [0.3, 0.4) is 0 Å². The highest BCUT2D eigenvalue weighted by atomic mass is 16.3. The molecular formula is C9H16O. The average Bonchev–Trinajstić information content (AvgIpc) is 1.98. The molecule has 0 aliphatic carbocycles. The fourth-order valence-electron chi connectivity index (χ4n) is 0.657. The van der Waals surface area contributed by atoms with Crippen LogP contribution in [-0.4, -0.2) is 11.7 Å². The number of rotatable bonds is 4. The van der Waals surface area contributed by atoms with E-state index in [1.165, 1.54) is 0 Å². The normalized spacial score (nSPS) is 12.9. The SMILES string of the molecule is C/C=C/CC/C=C(/C)CO. The van der Waals surface area contributed by atoms with Gasteiger partial charge in [-0.3, -0.25) is 0 Å². The third-order valence-corrected chi connectivity index (χ3v) is 1.31. The summed E-state index contributed by atoms with van der Waals surface area (Å²) in [4.78, 5) is 0. The summed E-state index contributed by atoms with van der Waals surface area (Å²) in [7, 11) is 0. The molecule has 0 rings (SSSR count). The highest BCUT2D eigenvalue weighted by Crippen LogP contribution is 1.97. The van der Waals surface area contributed by atoms with Gasteiger partial charge in [0.05, 0.1) is 6.61 Å². The van der Waals surface area contributed by atoms with E-state index >= 15 is 0 Å². The van der Waals surface area contributed by atoms with Crippen LogP contribution < -0.4 is 0 Å². The smallest absolute Gasteiger partial charge is 0.0639 e. The number of unbranched alkanes of at least 4 members (excludes halogenated alkanes) is 1. The van der Waals surface area contributed by atoms with E-state index in [0.29, 0.717) is 0 Å². The lowest BCUT2D eigenvalue weighted by Gasteiger charge is -1.91. The Morgan fingerprint density at radius 1 is 1.40 bits per heavy atom. The maximum atomic E-state index is 8.60. The summed E-state index contributed by atoms with van der Waals surface area (Å²) in [6.07, 6.45) is 8.36. The third-order valence-electron chi connectivity index (χ3n) is 1.31. The second-order valence-corrected chi connectivity index (χ2v) is 2.35. The van der Waals surface area contributed by atoms with E-state index in [9.17, 15) is 0 Å². The van der Waals surface area contributed by atoms with Crippen molar-refractivity contribution in [2.24, 2.45) is 0 Å². The second-order valence-electron chi connectivity index (χ2n) is 2.35. The zero-order chi connectivity index (χ0) is 7.82. The lowest BCUT2D eigenvalue weighted by Crippen LogP contribution is -1.82. The molecule has 0 amide bonds. The molecule has 0 saturated carbocycles. The Bertz CT molecular complexity index is 123. The Labute approximate surface area is 63.1 Å². The first-order valence-corrected chi connectivity index (χ1v) is 3.69. The molecule has 0 saturated heterocycles. The summed E-state index contributed by atoms with van der Waals surface area (Å²) in [6, 6.07) is 0. The fourth-order valence-corrected chi connectivity index (χ4v) is 0.657. The van der Waals surface area contributed by atoms with Crippen molar-refractivity contribution in [3.05, 3.63) is 23.8 Å². The highest BCUT2D eigenvalue weighted by molar-refractivity contribution is 4.98. The summed E-state index contributed by atoms with van der Waals surface area (Å²) in [5, 5.41) is 8.60. The van der Waals surface area contributed by atoms with Crippen LogP contribution in [0.15, 0.2) is 23.8 Å². The van der Waals surface area contributed by atoms with Crippen molar-refractivity contribution >= 4 is 0 Å². The van der Waals surface area contributed by atoms with E-state index in [1.807, 2.05) is 19.9 Å². The molecule has 0 bridgehead atoms. The topological polar surface area (TPSA) is 20.2 Å². The van der Waals surface area contributed by atoms with Gasteiger partial charge in [-0.15, -0.1) is 0 Å². The van der Waals surface area contributed by atoms with Gasteiger partial charge in [0.25, 0.3) is 0 Å². The molecule has 0 aromatic carbocycles. The minimum absolute atomic E-state index is 0.190. The van der Waals surface area contributed by atoms with Gasteiger partial charge in [-0.1, -0.05) is 23.8 Å². The minimum Gasteiger partial charge on any atom is -0.392 e. The van der Waals surface area contributed by atoms with Crippen LogP contribution in [0.5, 0.6) is 0 Å². The summed E-state index contributed by atoms with van der Waals surface area (Å²) >= 11 is 0. The van der Waals surface area contributed by atoms with Crippen LogP contribution >= 0.6 is 0 Å². The maximum absolute atomic E-state index is 8.60. The van der Waals surface area contributed by atoms with Crippen LogP contribution in [0, 0.1) is 0 Å². The van der Waals surface area contributed by atoms with Crippen LogP contribution in [0.4, 0.5) is 0 Å². The van der Waals surface area contributed by atoms with Gasteiger partial charge in [0, 0.05) is 0 Å². The van der Waals surface area contributed by atoms with E-state index in [-0.39, 0.29) is 6.61 Å². The molecule has 0 atom stereocenters. The lowest BCUT2D eigenvalue weighted by atomic mass is 10.2. The number of aliphatic hydroxyl groups is 1. The van der Waals surface area contributed by atoms with Crippen molar-refractivity contribution in [3.63, 3.8) is 0 Å². The summed E-state index contributed by atoms with van der Waals surface area (Å²) in [5.74, 6) is 0. The first kappa shape index (κ1) is 9.44. The molecule has 0 unspecified atom stereocenters. The number of aliphatic hydroxyl groups excluding tert-OH is 1. The van der Waals surface area contributed by atoms with Gasteiger partial charge < -0.3 is 5.11 Å². The Hall–Kier alpha value is -0.560. The highest BCUT2D eigenvalue weighted by Gasteiger charge is 1.82. The van der Waals surface area contributed by atoms with Crippen molar-refractivity contribution in [1.29, 1.82) is 0 Å². The van der Waals surface area contributed by atoms with Gasteiger partial charge in [-0.25, -0.2) is 0 Å². The van der Waals surface area contributed by atoms with Gasteiger partial charge in [0.2, 0.25) is 0 Å². The number of allylic oxidation sites excluding steroid dienone is 3. The molecule has 1 nitrogen and oxygen atoms in total. The van der Waals surface area contributed by atoms with Crippen LogP contribution in [-0.2, 0) is 0 Å². The van der Waals surface area contributed by atoms with Crippen molar-refractivity contribution in [3.8, 4) is 0 Å². The van der Waals surface area contributed by atoms with E-state index < -0.39 is 0 Å². The van der Waals surface area contributed by atoms with Gasteiger partial charge >= 0.3 is 0 Å². The molecule has 0 aromatic rings. The third kappa shape index (κ3) is 5.57. The summed E-state index contributed by atoms with van der Waals surface area (Å²) in [6.45, 7) is 4.15. The standard InChI is InChI=1S/C9H16O/c1-3-4-5-6-7-9(2)8-10/h3-4,7,10H,5-6,8H2,1-2H3/b4-3+,9-7-. The molecule has 10 heavy (non-hydrogen) atoms. The van der Waals surface area contributed by atoms with Crippen molar-refractivity contribution in [1.82, 2.24) is 0 Å². The Morgan fingerprint density at radius 3 is 2.60 bits per heavy atom. The van der Waals surface area contributed by atoms with Crippen molar-refractivity contribution < 1.29 is 5.11 Å². The monoisotopic (exact) mass is 140 g/mol. The molecule has 0 aliphatic rings. The Morgan fingerprint density at radius 2 is 2.10 bits per heavy atom. The molecule has 58 valence electrons. The van der Waals surface area contributed by atoms with Gasteiger partial charge in [-0.05, 0) is 26.7 Å². The van der Waals surface area contributed by atoms with E-state index in [4.69, 9.17) is 5.11 Å². The van der Waals surface area contributed by atoms with Gasteiger partial charge in [-0.2, -0.15) is 0 Å². The largest absolute Gasteiger partial charge is 0.392 e. The molecule has 1 heteroatoms. The van der Waals surface area contributed by atoms with Crippen LogP contribution in [0.2, 0.25) is 0 Å². The zero-order valence-corrected chi connectivity index (χ0v) is 6.80. The molecule has 0 radical (unpaired) electrons. The van der Waals surface area contributed by atoms with Gasteiger partial charge in [0.15, 0.2) is 0 Å². The minimum atomic E-state index is 0.190. The Kier molecular flexibility index (Phi) is 6.19. The quantitative estimate of drug-likeness (QED) is 0.469. The zero-order valence-electron chi connectivity index (χ0n) is 6.80. The molecular weight excluding hydrogens is 124 g/mol. The first-order chi connectivity index (χ1) is 4.81. The van der Waals surface area contributed by atoms with E-state index in [0.717, 1.165) is 18.4 Å². The predicted molar refractivity (Wildman–Crippen MR) is 44.9 cm³/mol. The summed E-state index contributed by atoms with van der Waals surface area (Å²) < 4.78 is 0. The molecule has 0 aliphatic heterocycles. The molecule has 1 N–H and O–H groups in total. The van der Waals surface area contributed by atoms with Crippen molar-refractivity contribution in [2.75, 3.05) is 6.61 Å². The first-order valence-electron chi connectivity index (χ1n) is 3.69. The predicted octanol–water partition coefficient (Wildman–Crippen LogP) is 2.28. The summed E-state index contributed by atoms with van der Waals surface area (Å²) in [5.41, 5.74) is 1.06. The Balaban J connectivity index is 3.33. The molecule has 0 heterocycles. The number of hydrogen-bond acceptors (Lipinski definition) is 1. The van der Waals surface area contributed by atoms with Crippen LogP contribution in [0.25, 0.3) is 0 Å². The molecule has 0 aromatic heterocycles. The molecule has 0 fully saturated rings. The lowest BCUT2D eigenvalue weighted by molar-refractivity contribution is 0.331. The second kappa shape index (κ2) is 6.56. The van der Waals surface area contributed by atoms with Crippen molar-refractivity contribution in [2.45, 2.75) is 26.7 Å². The fraction of sp³-hybridized carbons (Fsp3) is 0.556. The maximum Gasteiger partial charge on any atom is 0.0639 e. The van der Waals surface area contributed by atoms with E-state index in [2.05, 4.69) is 12.2 Å². The van der Waals surface area contributed by atoms with Gasteiger partial charge in [0.1, 0.15) is 0 Å². The van der Waals surface area contributed by atoms with E-state index in [1.54, 1.807) is 0 Å². The van der Waals surface area contributed by atoms with Crippen LogP contribution in [0.1, 0.15) is 26.7 Å². The average molecular weight is 140 g/mol. The number of hydrogen-bond donors (Lipinski definition) is 1.